The van der Waals surface area contributed by atoms with Gasteiger partial charge in [0.15, 0.2) is 5.17 Å². The van der Waals surface area contributed by atoms with Crippen LogP contribution in [-0.4, -0.2) is 24.3 Å². The first-order valence-corrected chi connectivity index (χ1v) is 9.87. The van der Waals surface area contributed by atoms with Gasteiger partial charge in [-0.1, -0.05) is 45.0 Å². The van der Waals surface area contributed by atoms with Crippen molar-refractivity contribution in [3.05, 3.63) is 64.6 Å². The van der Waals surface area contributed by atoms with Crippen LogP contribution in [0.4, 0.5) is 0 Å². The van der Waals surface area contributed by atoms with E-state index in [0.717, 1.165) is 17.1 Å². The van der Waals surface area contributed by atoms with Crippen LogP contribution in [0, 0.1) is 0 Å². The zero-order valence-corrected chi connectivity index (χ0v) is 17.1. The molecule has 2 aromatic carbocycles. The van der Waals surface area contributed by atoms with Gasteiger partial charge in [-0.25, -0.2) is 0 Å². The van der Waals surface area contributed by atoms with E-state index in [-0.39, 0.29) is 16.5 Å². The van der Waals surface area contributed by atoms with Gasteiger partial charge in [0.2, 0.25) is 0 Å². The number of hydrogen-bond donors (Lipinski definition) is 1. The molecule has 0 saturated heterocycles. The summed E-state index contributed by atoms with van der Waals surface area (Å²) >= 11 is 1.18. The second kappa shape index (κ2) is 8.52. The Kier molecular flexibility index (Phi) is 6.09. The zero-order valence-electron chi connectivity index (χ0n) is 16.3. The number of carbonyl (C=O) groups is 1. The van der Waals surface area contributed by atoms with Crippen LogP contribution in [0.3, 0.4) is 0 Å². The molecule has 0 spiro atoms. The molecule has 0 bridgehead atoms. The molecule has 28 heavy (non-hydrogen) atoms. The Morgan fingerprint density at radius 3 is 1.96 bits per heavy atom. The molecule has 0 aromatic heterocycles. The maximum Gasteiger partial charge on any atom is 0.286 e. The average molecular weight is 397 g/mol. The van der Waals surface area contributed by atoms with Gasteiger partial charge in [0.25, 0.3) is 5.91 Å². The van der Waals surface area contributed by atoms with E-state index in [9.17, 15) is 4.79 Å². The first kappa shape index (κ1) is 20.0. The average Bonchev–Trinajstić information content (AvgIpc) is 2.97. The number of hydrogen-bond acceptors (Lipinski definition) is 5. The molecule has 1 amide bonds. The van der Waals surface area contributed by atoms with Gasteiger partial charge >= 0.3 is 0 Å². The third-order valence-corrected chi connectivity index (χ3v) is 4.97. The van der Waals surface area contributed by atoms with Crippen molar-refractivity contribution < 1.29 is 14.3 Å². The summed E-state index contributed by atoms with van der Waals surface area (Å²) in [5.41, 5.74) is 7.85. The van der Waals surface area contributed by atoms with E-state index in [1.165, 1.54) is 17.3 Å². The number of benzene rings is 2. The fraction of sp³-hybridized carbons (Fsp3) is 0.273. The Morgan fingerprint density at radius 2 is 1.50 bits per heavy atom. The fourth-order valence-corrected chi connectivity index (χ4v) is 3.29. The van der Waals surface area contributed by atoms with Crippen LogP contribution in [0.5, 0.6) is 11.5 Å². The Hall–Kier alpha value is -2.73. The van der Waals surface area contributed by atoms with Crippen molar-refractivity contribution in [2.75, 3.05) is 13.2 Å². The van der Waals surface area contributed by atoms with Crippen LogP contribution in [0.25, 0.3) is 6.08 Å². The van der Waals surface area contributed by atoms with Gasteiger partial charge in [0.05, 0.1) is 4.91 Å². The number of amides is 1. The van der Waals surface area contributed by atoms with E-state index in [0.29, 0.717) is 18.1 Å². The van der Waals surface area contributed by atoms with Crippen LogP contribution in [0.2, 0.25) is 0 Å². The van der Waals surface area contributed by atoms with Crippen molar-refractivity contribution in [1.82, 2.24) is 0 Å². The normalized spacial score (nSPS) is 15.6. The minimum Gasteiger partial charge on any atom is -0.490 e. The Morgan fingerprint density at radius 1 is 0.964 bits per heavy atom. The fourth-order valence-electron chi connectivity index (χ4n) is 2.61. The Labute approximate surface area is 169 Å². The molecule has 0 atom stereocenters. The number of ether oxygens (including phenoxy) is 2. The predicted molar refractivity (Wildman–Crippen MR) is 115 cm³/mol. The van der Waals surface area contributed by atoms with Gasteiger partial charge in [-0.15, -0.1) is 0 Å². The number of amidine groups is 1. The third-order valence-electron chi connectivity index (χ3n) is 4.16. The molecule has 6 heteroatoms. The molecular formula is C22H24N2O3S. The van der Waals surface area contributed by atoms with Gasteiger partial charge in [-0.05, 0) is 58.6 Å². The van der Waals surface area contributed by atoms with Gasteiger partial charge in [-0.3, -0.25) is 4.79 Å². The number of thioether (sulfide) groups is 1. The van der Waals surface area contributed by atoms with Crippen LogP contribution >= 0.6 is 11.8 Å². The molecule has 0 aliphatic carbocycles. The number of nitrogens with zero attached hydrogens (tertiary/aromatic N) is 1. The lowest BCUT2D eigenvalue weighted by atomic mass is 9.87. The summed E-state index contributed by atoms with van der Waals surface area (Å²) in [6, 6.07) is 15.7. The highest BCUT2D eigenvalue weighted by molar-refractivity contribution is 8.18. The summed E-state index contributed by atoms with van der Waals surface area (Å²) in [5, 5.41) is 0.282. The molecule has 2 aromatic rings. The summed E-state index contributed by atoms with van der Waals surface area (Å²) in [7, 11) is 0. The molecular weight excluding hydrogens is 372 g/mol. The van der Waals surface area contributed by atoms with Crippen molar-refractivity contribution in [2.45, 2.75) is 26.2 Å². The molecule has 0 fully saturated rings. The molecule has 0 radical (unpaired) electrons. The van der Waals surface area contributed by atoms with Crippen molar-refractivity contribution in [2.24, 2.45) is 10.7 Å². The minimum absolute atomic E-state index is 0.132. The number of nitrogens with two attached hydrogens (primary N) is 1. The largest absolute Gasteiger partial charge is 0.490 e. The van der Waals surface area contributed by atoms with Crippen molar-refractivity contribution in [1.29, 1.82) is 0 Å². The smallest absolute Gasteiger partial charge is 0.286 e. The monoisotopic (exact) mass is 396 g/mol. The van der Waals surface area contributed by atoms with Gasteiger partial charge in [0.1, 0.15) is 24.7 Å². The van der Waals surface area contributed by atoms with Crippen molar-refractivity contribution in [3.8, 4) is 11.5 Å². The maximum atomic E-state index is 11.6. The lowest BCUT2D eigenvalue weighted by Gasteiger charge is -2.19. The third kappa shape index (κ3) is 5.39. The van der Waals surface area contributed by atoms with Crippen LogP contribution < -0.4 is 15.2 Å². The number of rotatable bonds is 6. The summed E-state index contributed by atoms with van der Waals surface area (Å²) in [6.07, 6.45) is 1.77. The summed E-state index contributed by atoms with van der Waals surface area (Å²) in [6.45, 7) is 7.47. The van der Waals surface area contributed by atoms with E-state index < -0.39 is 0 Å². The van der Waals surface area contributed by atoms with E-state index in [1.807, 2.05) is 36.4 Å². The van der Waals surface area contributed by atoms with Gasteiger partial charge in [0, 0.05) is 0 Å². The molecule has 2 N–H and O–H groups in total. The number of aliphatic imine (C=N–C) groups is 1. The molecule has 5 nitrogen and oxygen atoms in total. The molecule has 146 valence electrons. The predicted octanol–water partition coefficient (Wildman–Crippen LogP) is 4.37. The van der Waals surface area contributed by atoms with E-state index >= 15 is 0 Å². The topological polar surface area (TPSA) is 73.9 Å². The van der Waals surface area contributed by atoms with Gasteiger partial charge in [-0.2, -0.15) is 4.99 Å². The van der Waals surface area contributed by atoms with Crippen LogP contribution in [-0.2, 0) is 10.2 Å². The molecule has 3 rings (SSSR count). The Bertz CT molecular complexity index is 895. The molecule has 0 saturated carbocycles. The first-order chi connectivity index (χ1) is 13.3. The van der Waals surface area contributed by atoms with Crippen LogP contribution in [0.15, 0.2) is 58.4 Å². The second-order valence-corrected chi connectivity index (χ2v) is 8.47. The lowest BCUT2D eigenvalue weighted by molar-refractivity contribution is -0.113. The second-order valence-electron chi connectivity index (χ2n) is 7.41. The molecule has 0 unspecified atom stereocenters. The highest BCUT2D eigenvalue weighted by atomic mass is 32.2. The first-order valence-electron chi connectivity index (χ1n) is 9.05. The molecule has 1 heterocycles. The van der Waals surface area contributed by atoms with E-state index in [4.69, 9.17) is 15.2 Å². The van der Waals surface area contributed by atoms with Crippen molar-refractivity contribution >= 4 is 28.9 Å². The highest BCUT2D eigenvalue weighted by Gasteiger charge is 2.19. The van der Waals surface area contributed by atoms with Crippen molar-refractivity contribution in [3.63, 3.8) is 0 Å². The standard InChI is InChI=1S/C22H24N2O3S/c1-22(2,3)16-6-10-18(11-7-16)27-13-12-26-17-8-4-15(5-9-17)14-19-20(25)24-21(23)28-19/h4-11,14H,12-13H2,1-3H3,(H2,23,24,25). The Balaban J connectivity index is 1.45. The summed E-state index contributed by atoms with van der Waals surface area (Å²) in [4.78, 5) is 15.8. The number of carbonyl (C=O) groups excluding carboxylic acids is 1. The molecule has 1 aliphatic heterocycles. The van der Waals surface area contributed by atoms with Gasteiger partial charge < -0.3 is 15.2 Å². The minimum atomic E-state index is -0.296. The quantitative estimate of drug-likeness (QED) is 0.580. The van der Waals surface area contributed by atoms with Crippen LogP contribution in [0.1, 0.15) is 31.9 Å². The molecule has 1 aliphatic rings. The SMILES string of the molecule is CC(C)(C)c1ccc(OCCOc2ccc(C=C3SC(N)=NC3=O)cc2)cc1. The summed E-state index contributed by atoms with van der Waals surface area (Å²) in [5.74, 6) is 1.28. The van der Waals surface area contributed by atoms with E-state index in [2.05, 4.69) is 37.9 Å². The summed E-state index contributed by atoms with van der Waals surface area (Å²) < 4.78 is 11.4. The highest BCUT2D eigenvalue weighted by Crippen LogP contribution is 2.27. The van der Waals surface area contributed by atoms with E-state index in [1.54, 1.807) is 6.08 Å². The maximum absolute atomic E-state index is 11.6. The zero-order chi connectivity index (χ0) is 20.1. The lowest BCUT2D eigenvalue weighted by Crippen LogP contribution is -2.11.